The van der Waals surface area contributed by atoms with Crippen molar-refractivity contribution in [2.75, 3.05) is 6.54 Å². The van der Waals surface area contributed by atoms with Gasteiger partial charge in [0, 0.05) is 18.3 Å². The molecule has 0 aromatic rings. The summed E-state index contributed by atoms with van der Waals surface area (Å²) in [6.07, 6.45) is 5.88. The molecule has 1 saturated carbocycles. The van der Waals surface area contributed by atoms with Crippen LogP contribution >= 0.6 is 0 Å². The van der Waals surface area contributed by atoms with Crippen LogP contribution in [0.25, 0.3) is 0 Å². The molecule has 0 radical (unpaired) electrons. The molecular weight excluding hydrogens is 182 g/mol. The van der Waals surface area contributed by atoms with Gasteiger partial charge in [-0.3, -0.25) is 0 Å². The Labute approximate surface area is 93.2 Å². The van der Waals surface area contributed by atoms with Gasteiger partial charge in [-0.1, -0.05) is 26.2 Å². The summed E-state index contributed by atoms with van der Waals surface area (Å²) in [5.74, 6) is 0.907. The molecule has 0 aromatic heterocycles. The molecule has 2 aliphatic rings. The van der Waals surface area contributed by atoms with Gasteiger partial charge in [0.15, 0.2) is 0 Å². The van der Waals surface area contributed by atoms with E-state index in [9.17, 15) is 0 Å². The highest BCUT2D eigenvalue weighted by atomic mass is 15.2. The van der Waals surface area contributed by atoms with Crippen LogP contribution < -0.4 is 0 Å². The average Bonchev–Trinajstić information content (AvgIpc) is 3.02. The first kappa shape index (κ1) is 10.5. The van der Waals surface area contributed by atoms with E-state index in [0.717, 1.165) is 18.9 Å². The minimum atomic E-state index is 0.663. The van der Waals surface area contributed by atoms with Crippen molar-refractivity contribution in [3.05, 3.63) is 36.1 Å². The standard InChI is InChI=1S/C14H21N/c1-5-12-9-15(10(3)13-7-8-13)11(4)14(12)6-2/h5,10,13H,1,4,6-9H2,2-3H3. The lowest BCUT2D eigenvalue weighted by Gasteiger charge is -2.28. The molecule has 0 aromatic carbocycles. The molecule has 1 heteroatoms. The Balaban J connectivity index is 2.14. The van der Waals surface area contributed by atoms with Gasteiger partial charge in [0.05, 0.1) is 0 Å². The lowest BCUT2D eigenvalue weighted by atomic mass is 10.1. The van der Waals surface area contributed by atoms with Crippen molar-refractivity contribution in [1.82, 2.24) is 4.90 Å². The highest BCUT2D eigenvalue weighted by Crippen LogP contribution is 2.40. The van der Waals surface area contributed by atoms with Crippen LogP contribution in [0.4, 0.5) is 0 Å². The summed E-state index contributed by atoms with van der Waals surface area (Å²) in [4.78, 5) is 2.47. The maximum atomic E-state index is 4.24. The van der Waals surface area contributed by atoms with Gasteiger partial charge in [-0.15, -0.1) is 0 Å². The van der Waals surface area contributed by atoms with E-state index >= 15 is 0 Å². The third-order valence-electron chi connectivity index (χ3n) is 3.82. The molecule has 0 N–H and O–H groups in total. The van der Waals surface area contributed by atoms with E-state index in [0.29, 0.717) is 6.04 Å². The molecule has 1 fully saturated rings. The first-order chi connectivity index (χ1) is 7.19. The summed E-state index contributed by atoms with van der Waals surface area (Å²) in [6.45, 7) is 13.7. The highest BCUT2D eigenvalue weighted by molar-refractivity contribution is 5.44. The van der Waals surface area contributed by atoms with Crippen LogP contribution in [-0.4, -0.2) is 17.5 Å². The third kappa shape index (κ3) is 1.75. The van der Waals surface area contributed by atoms with Crippen molar-refractivity contribution in [2.24, 2.45) is 5.92 Å². The van der Waals surface area contributed by atoms with Crippen molar-refractivity contribution in [3.63, 3.8) is 0 Å². The second kappa shape index (κ2) is 3.88. The number of nitrogens with zero attached hydrogens (tertiary/aromatic N) is 1. The zero-order valence-electron chi connectivity index (χ0n) is 9.92. The van der Waals surface area contributed by atoms with E-state index in [1.165, 1.54) is 29.7 Å². The van der Waals surface area contributed by atoms with Gasteiger partial charge in [-0.25, -0.2) is 0 Å². The summed E-state index contributed by atoms with van der Waals surface area (Å²) in [6, 6.07) is 0.663. The predicted octanol–water partition coefficient (Wildman–Crippen LogP) is 3.51. The molecule has 1 aliphatic heterocycles. The second-order valence-electron chi connectivity index (χ2n) is 4.71. The maximum absolute atomic E-state index is 4.24. The molecule has 0 bridgehead atoms. The van der Waals surface area contributed by atoms with Gasteiger partial charge in [-0.05, 0) is 43.3 Å². The predicted molar refractivity (Wildman–Crippen MR) is 65.5 cm³/mol. The quantitative estimate of drug-likeness (QED) is 0.676. The number of rotatable bonds is 4. The fourth-order valence-electron chi connectivity index (χ4n) is 2.57. The first-order valence-corrected chi connectivity index (χ1v) is 5.99. The molecule has 0 saturated heterocycles. The van der Waals surface area contributed by atoms with Gasteiger partial charge in [0.25, 0.3) is 0 Å². The number of hydrogen-bond acceptors (Lipinski definition) is 1. The third-order valence-corrected chi connectivity index (χ3v) is 3.82. The zero-order chi connectivity index (χ0) is 11.0. The fourth-order valence-corrected chi connectivity index (χ4v) is 2.57. The molecular formula is C14H21N. The van der Waals surface area contributed by atoms with E-state index in [1.807, 2.05) is 6.08 Å². The van der Waals surface area contributed by atoms with Crippen molar-refractivity contribution < 1.29 is 0 Å². The summed E-state index contributed by atoms with van der Waals surface area (Å²) < 4.78 is 0. The first-order valence-electron chi connectivity index (χ1n) is 5.99. The second-order valence-corrected chi connectivity index (χ2v) is 4.71. The summed E-state index contributed by atoms with van der Waals surface area (Å²) in [5.41, 5.74) is 4.04. The van der Waals surface area contributed by atoms with Crippen LogP contribution in [0, 0.1) is 5.92 Å². The van der Waals surface area contributed by atoms with Gasteiger partial charge in [-0.2, -0.15) is 0 Å². The van der Waals surface area contributed by atoms with Crippen LogP contribution in [0.2, 0.25) is 0 Å². The maximum Gasteiger partial charge on any atom is 0.0435 e. The Morgan fingerprint density at radius 1 is 1.53 bits per heavy atom. The number of allylic oxidation sites excluding steroid dienone is 1. The van der Waals surface area contributed by atoms with Crippen molar-refractivity contribution >= 4 is 0 Å². The zero-order valence-corrected chi connectivity index (χ0v) is 9.92. The Kier molecular flexibility index (Phi) is 2.72. The summed E-state index contributed by atoms with van der Waals surface area (Å²) >= 11 is 0. The largest absolute Gasteiger partial charge is 0.364 e. The number of hydrogen-bond donors (Lipinski definition) is 0. The van der Waals surface area contributed by atoms with Crippen LogP contribution in [-0.2, 0) is 0 Å². The Hall–Kier alpha value is -0.980. The average molecular weight is 203 g/mol. The molecule has 1 nitrogen and oxygen atoms in total. The minimum absolute atomic E-state index is 0.663. The molecule has 0 spiro atoms. The van der Waals surface area contributed by atoms with Crippen molar-refractivity contribution in [3.8, 4) is 0 Å². The SMILES string of the molecule is C=CC1=C(CC)C(=C)N(C(C)C2CC2)C1. The van der Waals surface area contributed by atoms with E-state index in [-0.39, 0.29) is 0 Å². The van der Waals surface area contributed by atoms with Crippen molar-refractivity contribution in [2.45, 2.75) is 39.2 Å². The van der Waals surface area contributed by atoms with Gasteiger partial charge >= 0.3 is 0 Å². The summed E-state index contributed by atoms with van der Waals surface area (Å²) in [5, 5.41) is 0. The lowest BCUT2D eigenvalue weighted by Crippen LogP contribution is -2.31. The van der Waals surface area contributed by atoms with Crippen LogP contribution in [0.15, 0.2) is 36.1 Å². The molecule has 1 aliphatic carbocycles. The van der Waals surface area contributed by atoms with E-state index in [1.54, 1.807) is 0 Å². The lowest BCUT2D eigenvalue weighted by molar-refractivity contribution is 0.282. The summed E-state index contributed by atoms with van der Waals surface area (Å²) in [7, 11) is 0. The topological polar surface area (TPSA) is 3.24 Å². The van der Waals surface area contributed by atoms with Gasteiger partial charge in [0.1, 0.15) is 0 Å². The normalized spacial score (nSPS) is 23.6. The minimum Gasteiger partial charge on any atom is -0.364 e. The van der Waals surface area contributed by atoms with Crippen LogP contribution in [0.1, 0.15) is 33.1 Å². The van der Waals surface area contributed by atoms with Crippen LogP contribution in [0.3, 0.4) is 0 Å². The van der Waals surface area contributed by atoms with Gasteiger partial charge < -0.3 is 4.90 Å². The molecule has 1 unspecified atom stereocenters. The van der Waals surface area contributed by atoms with E-state index in [4.69, 9.17) is 0 Å². The smallest absolute Gasteiger partial charge is 0.0435 e. The molecule has 0 amide bonds. The molecule has 15 heavy (non-hydrogen) atoms. The van der Waals surface area contributed by atoms with E-state index < -0.39 is 0 Å². The molecule has 1 heterocycles. The Bertz CT molecular complexity index is 320. The molecule has 82 valence electrons. The van der Waals surface area contributed by atoms with Crippen molar-refractivity contribution in [1.29, 1.82) is 0 Å². The highest BCUT2D eigenvalue weighted by Gasteiger charge is 2.35. The van der Waals surface area contributed by atoms with Crippen LogP contribution in [0.5, 0.6) is 0 Å². The molecule has 2 rings (SSSR count). The fraction of sp³-hybridized carbons (Fsp3) is 0.571. The monoisotopic (exact) mass is 203 g/mol. The Morgan fingerprint density at radius 2 is 2.20 bits per heavy atom. The Morgan fingerprint density at radius 3 is 2.60 bits per heavy atom. The molecule has 1 atom stereocenters. The van der Waals surface area contributed by atoms with E-state index in [2.05, 4.69) is 31.9 Å². The van der Waals surface area contributed by atoms with Gasteiger partial charge in [0.2, 0.25) is 0 Å².